The zero-order chi connectivity index (χ0) is 21.1. The van der Waals surface area contributed by atoms with Gasteiger partial charge < -0.3 is 20.3 Å². The first-order valence-electron chi connectivity index (χ1n) is 11.3. The van der Waals surface area contributed by atoms with Crippen molar-refractivity contribution in [1.82, 2.24) is 15.5 Å². The van der Waals surface area contributed by atoms with Gasteiger partial charge in [0.25, 0.3) is 0 Å². The lowest BCUT2D eigenvalue weighted by Gasteiger charge is -2.54. The van der Waals surface area contributed by atoms with Gasteiger partial charge in [0, 0.05) is 74.5 Å². The molecule has 3 fully saturated rings. The first-order valence-corrected chi connectivity index (χ1v) is 11.7. The molecule has 0 bridgehead atoms. The van der Waals surface area contributed by atoms with E-state index in [1.54, 1.807) is 0 Å². The molecule has 2 saturated heterocycles. The fraction of sp³-hybridized carbons (Fsp3) is 0.696. The van der Waals surface area contributed by atoms with Crippen LogP contribution < -0.4 is 15.5 Å². The molecule has 1 saturated carbocycles. The first-order chi connectivity index (χ1) is 14.5. The molecule has 30 heavy (non-hydrogen) atoms. The molecule has 3 aliphatic rings. The highest BCUT2D eigenvalue weighted by atomic mass is 35.5. The molecule has 1 aliphatic carbocycles. The molecular formula is C23H36ClN5O. The van der Waals surface area contributed by atoms with Gasteiger partial charge in [0.15, 0.2) is 5.96 Å². The average molecular weight is 434 g/mol. The van der Waals surface area contributed by atoms with Crippen LogP contribution in [0.25, 0.3) is 0 Å². The van der Waals surface area contributed by atoms with E-state index in [1.807, 2.05) is 19.2 Å². The summed E-state index contributed by atoms with van der Waals surface area (Å²) < 4.78 is 5.90. The van der Waals surface area contributed by atoms with Gasteiger partial charge in [-0.15, -0.1) is 0 Å². The molecule has 7 heteroatoms. The van der Waals surface area contributed by atoms with Crippen LogP contribution in [0.3, 0.4) is 0 Å². The highest BCUT2D eigenvalue weighted by molar-refractivity contribution is 6.30. The quantitative estimate of drug-likeness (QED) is 0.410. The van der Waals surface area contributed by atoms with Gasteiger partial charge in [0.2, 0.25) is 0 Å². The fourth-order valence-electron chi connectivity index (χ4n) is 5.37. The van der Waals surface area contributed by atoms with Crippen molar-refractivity contribution in [2.45, 2.75) is 38.8 Å². The van der Waals surface area contributed by atoms with Crippen molar-refractivity contribution < 1.29 is 4.74 Å². The van der Waals surface area contributed by atoms with Crippen molar-refractivity contribution in [2.24, 2.45) is 16.3 Å². The maximum Gasteiger partial charge on any atom is 0.191 e. The van der Waals surface area contributed by atoms with Crippen LogP contribution in [0.15, 0.2) is 29.3 Å². The highest BCUT2D eigenvalue weighted by Crippen LogP contribution is 2.52. The lowest BCUT2D eigenvalue weighted by molar-refractivity contribution is -0.106. The van der Waals surface area contributed by atoms with Crippen LogP contribution in [0.4, 0.5) is 5.69 Å². The maximum atomic E-state index is 6.14. The number of nitrogens with one attached hydrogen (secondary N) is 2. The summed E-state index contributed by atoms with van der Waals surface area (Å²) in [6, 6.07) is 8.61. The second kappa shape index (κ2) is 9.33. The van der Waals surface area contributed by atoms with Crippen LogP contribution in [0.5, 0.6) is 0 Å². The summed E-state index contributed by atoms with van der Waals surface area (Å²) in [4.78, 5) is 9.42. The van der Waals surface area contributed by atoms with Gasteiger partial charge in [-0.3, -0.25) is 9.89 Å². The van der Waals surface area contributed by atoms with Crippen molar-refractivity contribution >= 4 is 23.2 Å². The Hall–Kier alpha value is -1.50. The minimum atomic E-state index is 0.168. The van der Waals surface area contributed by atoms with Gasteiger partial charge in [-0.25, -0.2) is 0 Å². The van der Waals surface area contributed by atoms with E-state index in [1.165, 1.54) is 5.69 Å². The van der Waals surface area contributed by atoms with Crippen LogP contribution >= 0.6 is 11.6 Å². The Labute approximate surface area is 186 Å². The number of guanidine groups is 1. The van der Waals surface area contributed by atoms with Crippen molar-refractivity contribution in [3.05, 3.63) is 29.3 Å². The third-order valence-corrected chi connectivity index (χ3v) is 7.34. The summed E-state index contributed by atoms with van der Waals surface area (Å²) in [6.07, 6.45) is 2.67. The molecule has 3 atom stereocenters. The number of anilines is 1. The molecule has 0 amide bonds. The Bertz CT molecular complexity index is 747. The number of hydrogen-bond acceptors (Lipinski definition) is 4. The van der Waals surface area contributed by atoms with Gasteiger partial charge in [-0.2, -0.15) is 0 Å². The van der Waals surface area contributed by atoms with Crippen molar-refractivity contribution in [3.8, 4) is 0 Å². The summed E-state index contributed by atoms with van der Waals surface area (Å²) in [5, 5.41) is 7.98. The molecule has 1 aromatic carbocycles. The lowest BCUT2D eigenvalue weighted by Crippen LogP contribution is -2.68. The number of ether oxygens (including phenoxy) is 1. The van der Waals surface area contributed by atoms with Gasteiger partial charge in [-0.05, 0) is 37.6 Å². The Morgan fingerprint density at radius 1 is 1.27 bits per heavy atom. The predicted molar refractivity (Wildman–Crippen MR) is 125 cm³/mol. The van der Waals surface area contributed by atoms with Crippen LogP contribution in [0.2, 0.25) is 5.02 Å². The monoisotopic (exact) mass is 433 g/mol. The van der Waals surface area contributed by atoms with Gasteiger partial charge in [-0.1, -0.05) is 31.5 Å². The second-order valence-corrected chi connectivity index (χ2v) is 9.78. The summed E-state index contributed by atoms with van der Waals surface area (Å²) in [5.41, 5.74) is 1.40. The first kappa shape index (κ1) is 21.7. The third kappa shape index (κ3) is 4.56. The second-order valence-electron chi connectivity index (χ2n) is 9.35. The van der Waals surface area contributed by atoms with Gasteiger partial charge in [0.05, 0.1) is 6.10 Å². The largest absolute Gasteiger partial charge is 0.377 e. The van der Waals surface area contributed by atoms with Crippen LogP contribution in [0.1, 0.15) is 26.7 Å². The number of aliphatic imine (C=N–C) groups is 1. The molecular weight excluding hydrogens is 398 g/mol. The van der Waals surface area contributed by atoms with Crippen LogP contribution in [-0.4, -0.2) is 75.9 Å². The van der Waals surface area contributed by atoms with E-state index in [9.17, 15) is 0 Å². The number of halogens is 1. The number of rotatable bonds is 6. The molecule has 2 N–H and O–H groups in total. The van der Waals surface area contributed by atoms with Gasteiger partial charge >= 0.3 is 0 Å². The van der Waals surface area contributed by atoms with Crippen molar-refractivity contribution in [2.75, 3.05) is 57.8 Å². The van der Waals surface area contributed by atoms with Gasteiger partial charge in [0.1, 0.15) is 0 Å². The van der Waals surface area contributed by atoms with E-state index in [2.05, 4.69) is 51.4 Å². The minimum absolute atomic E-state index is 0.168. The smallest absolute Gasteiger partial charge is 0.191 e. The molecule has 2 aliphatic heterocycles. The van der Waals surface area contributed by atoms with E-state index < -0.39 is 0 Å². The average Bonchev–Trinajstić information content (AvgIpc) is 3.21. The molecule has 2 heterocycles. The standard InChI is InChI=1S/C23H36ClN5O/c1-23(2)20(19-8-15-30-21(19)23)27-22(25-3)26-9-5-10-28-11-13-29(14-12-28)18-7-4-6-17(24)16-18/h4,6-7,16,19-21H,5,8-15H2,1-3H3,(H2,25,26,27). The number of benzene rings is 1. The van der Waals surface area contributed by atoms with E-state index in [0.717, 1.165) is 69.7 Å². The zero-order valence-electron chi connectivity index (χ0n) is 18.5. The van der Waals surface area contributed by atoms with E-state index >= 15 is 0 Å². The topological polar surface area (TPSA) is 52.1 Å². The molecule has 166 valence electrons. The summed E-state index contributed by atoms with van der Waals surface area (Å²) >= 11 is 6.14. The summed E-state index contributed by atoms with van der Waals surface area (Å²) in [5.74, 6) is 1.54. The van der Waals surface area contributed by atoms with Crippen LogP contribution in [-0.2, 0) is 4.74 Å². The predicted octanol–water partition coefficient (Wildman–Crippen LogP) is 2.83. The SMILES string of the molecule is CN=C(NCCCN1CCN(c2cccc(Cl)c2)CC1)NC1C2CCOC2C1(C)C. The molecule has 1 aromatic rings. The molecule has 3 unspecified atom stereocenters. The Morgan fingerprint density at radius 2 is 2.07 bits per heavy atom. The minimum Gasteiger partial charge on any atom is -0.377 e. The molecule has 0 aromatic heterocycles. The maximum absolute atomic E-state index is 6.14. The normalized spacial score (nSPS) is 28.7. The lowest BCUT2D eigenvalue weighted by atomic mass is 9.57. The van der Waals surface area contributed by atoms with Crippen molar-refractivity contribution in [1.29, 1.82) is 0 Å². The molecule has 0 spiro atoms. The van der Waals surface area contributed by atoms with E-state index in [0.29, 0.717) is 18.1 Å². The van der Waals surface area contributed by atoms with E-state index in [-0.39, 0.29) is 5.41 Å². The molecule has 4 rings (SSSR count). The Kier molecular flexibility index (Phi) is 6.75. The number of hydrogen-bond donors (Lipinski definition) is 2. The van der Waals surface area contributed by atoms with Crippen LogP contribution in [0, 0.1) is 11.3 Å². The number of nitrogens with zero attached hydrogens (tertiary/aromatic N) is 3. The third-order valence-electron chi connectivity index (χ3n) is 7.11. The van der Waals surface area contributed by atoms with E-state index in [4.69, 9.17) is 16.3 Å². The summed E-state index contributed by atoms with van der Waals surface area (Å²) in [7, 11) is 1.86. The molecule has 0 radical (unpaired) electrons. The summed E-state index contributed by atoms with van der Waals surface area (Å²) in [6.45, 7) is 11.8. The number of piperazine rings is 1. The zero-order valence-corrected chi connectivity index (χ0v) is 19.3. The Balaban J connectivity index is 1.15. The Morgan fingerprint density at radius 3 is 2.80 bits per heavy atom. The highest BCUT2D eigenvalue weighted by Gasteiger charge is 2.59. The fourth-order valence-corrected chi connectivity index (χ4v) is 5.56. The molecule has 6 nitrogen and oxygen atoms in total. The number of fused-ring (bicyclic) bond motifs is 1. The van der Waals surface area contributed by atoms with Crippen molar-refractivity contribution in [3.63, 3.8) is 0 Å².